The third-order valence-corrected chi connectivity index (χ3v) is 4.68. The van der Waals surface area contributed by atoms with Gasteiger partial charge < -0.3 is 37.2 Å². The van der Waals surface area contributed by atoms with E-state index in [1.54, 1.807) is 0 Å². The van der Waals surface area contributed by atoms with Gasteiger partial charge in [0.2, 0.25) is 0 Å². The Labute approximate surface area is 176 Å². The molecule has 0 spiro atoms. The largest absolute Gasteiger partial charge is 1.00 e. The van der Waals surface area contributed by atoms with Gasteiger partial charge in [-0.25, -0.2) is 0 Å². The van der Waals surface area contributed by atoms with Crippen LogP contribution in [0.15, 0.2) is 0 Å². The number of hydrogen-bond acceptors (Lipinski definition) is 2. The first-order chi connectivity index (χ1) is 10.2. The smallest absolute Gasteiger partial charge is 1.00 e. The number of halogens is 3. The normalized spacial score (nSPS) is 8.75. The maximum Gasteiger partial charge on any atom is -1.00 e. The van der Waals surface area contributed by atoms with Crippen molar-refractivity contribution in [3.05, 3.63) is 0 Å². The van der Waals surface area contributed by atoms with Crippen LogP contribution in [0.5, 0.6) is 0 Å². The molecule has 0 rings (SSSR count). The zero-order chi connectivity index (χ0) is 15.8. The summed E-state index contributed by atoms with van der Waals surface area (Å²) in [5.41, 5.74) is 0. The van der Waals surface area contributed by atoms with E-state index in [0.717, 1.165) is 25.7 Å². The minimum Gasteiger partial charge on any atom is -1.00 e. The second-order valence-electron chi connectivity index (χ2n) is 5.55. The van der Waals surface area contributed by atoms with Crippen LogP contribution in [0.1, 0.15) is 90.9 Å². The van der Waals surface area contributed by atoms with Crippen molar-refractivity contribution in [3.63, 3.8) is 0 Å². The average Bonchev–Trinajstić information content (AvgIpc) is 2.47. The minimum atomic E-state index is -0.847. The topological polar surface area (TPSA) is 58.2 Å². The molecule has 0 fully saturated rings. The van der Waals surface area contributed by atoms with Crippen molar-refractivity contribution in [1.82, 2.24) is 7.60 Å². The van der Waals surface area contributed by atoms with E-state index in [4.69, 9.17) is 0 Å². The summed E-state index contributed by atoms with van der Waals surface area (Å²) in [7, 11) is 0. The van der Waals surface area contributed by atoms with Crippen LogP contribution in [0.4, 0.5) is 0 Å². The molecule has 0 aromatic rings. The van der Waals surface area contributed by atoms with E-state index >= 15 is 0 Å². The molecule has 8 heteroatoms. The molecule has 4 nitrogen and oxygen atoms in total. The molecule has 0 heterocycles. The van der Waals surface area contributed by atoms with Gasteiger partial charge in [0.15, 0.2) is 0 Å². The molecule has 0 aromatic carbocycles. The van der Waals surface area contributed by atoms with E-state index in [9.17, 15) is 9.59 Å². The Kier molecular flexibility index (Phi) is 34.6. The minimum absolute atomic E-state index is 0. The SMILES string of the molecule is CCCCCCCC(=O)[NH][Ti+3][NH]C(=O)CCCCCCC.[Cl-].[Cl-].[Cl-]. The predicted molar refractivity (Wildman–Crippen MR) is 83.0 cm³/mol. The number of carbonyl (C=O) groups excluding carboxylic acids is 2. The van der Waals surface area contributed by atoms with Crippen molar-refractivity contribution in [2.75, 3.05) is 0 Å². The van der Waals surface area contributed by atoms with E-state index in [-0.39, 0.29) is 49.0 Å². The molecule has 0 saturated heterocycles. The third kappa shape index (κ3) is 24.8. The number of unbranched alkanes of at least 4 members (excludes halogenated alkanes) is 8. The molecule has 0 bridgehead atoms. The Morgan fingerprint density at radius 2 is 0.958 bits per heavy atom. The molecule has 0 radical (unpaired) electrons. The first kappa shape index (κ1) is 32.2. The quantitative estimate of drug-likeness (QED) is 0.211. The van der Waals surface area contributed by atoms with Crippen LogP contribution in [0.3, 0.4) is 0 Å². The van der Waals surface area contributed by atoms with Crippen LogP contribution in [0, 0.1) is 0 Å². The standard InChI is InChI=1S/2C8H17NO.3ClH.Ti/c2*1-2-3-4-5-6-7-8(9)10;;;;/h2*2-7H2,1H3,(H2,9,10);3*1H;/q;;;;;+5/p-5. The van der Waals surface area contributed by atoms with Crippen molar-refractivity contribution in [1.29, 1.82) is 0 Å². The Hall–Kier alpha value is 0.524. The van der Waals surface area contributed by atoms with Gasteiger partial charge in [-0.05, 0) is 0 Å². The van der Waals surface area contributed by atoms with Crippen molar-refractivity contribution >= 4 is 11.8 Å². The van der Waals surface area contributed by atoms with Gasteiger partial charge in [0.1, 0.15) is 0 Å². The second-order valence-corrected chi connectivity index (χ2v) is 6.72. The second kappa shape index (κ2) is 25.8. The van der Waals surface area contributed by atoms with Gasteiger partial charge in [-0.2, -0.15) is 0 Å². The van der Waals surface area contributed by atoms with Gasteiger partial charge in [0.05, 0.1) is 0 Å². The molecular formula is C16H32Cl3N2O2Ti. The molecule has 0 aliphatic rings. The average molecular weight is 439 g/mol. The monoisotopic (exact) mass is 437 g/mol. The molecule has 0 aliphatic carbocycles. The summed E-state index contributed by atoms with van der Waals surface area (Å²) in [4.78, 5) is 23.1. The number of hydrogen-bond donors (Lipinski definition) is 2. The molecule has 0 unspecified atom stereocenters. The Morgan fingerprint density at radius 1 is 0.625 bits per heavy atom. The van der Waals surface area contributed by atoms with Crippen molar-refractivity contribution in [2.24, 2.45) is 0 Å². The molecular weight excluding hydrogens is 406 g/mol. The Balaban J connectivity index is -0.000000667. The molecule has 0 aliphatic heterocycles. The van der Waals surface area contributed by atoms with Gasteiger partial charge in [0, 0.05) is 0 Å². The third-order valence-electron chi connectivity index (χ3n) is 3.42. The summed E-state index contributed by atoms with van der Waals surface area (Å²) in [5, 5.41) is 0. The van der Waals surface area contributed by atoms with Gasteiger partial charge in [-0.1, -0.05) is 0 Å². The molecule has 0 aromatic heterocycles. The molecule has 2 N–H and O–H groups in total. The number of rotatable bonds is 14. The molecule has 0 saturated carbocycles. The van der Waals surface area contributed by atoms with Crippen molar-refractivity contribution in [2.45, 2.75) is 90.9 Å². The maximum atomic E-state index is 11.6. The van der Waals surface area contributed by atoms with Crippen LogP contribution in [-0.4, -0.2) is 11.8 Å². The summed E-state index contributed by atoms with van der Waals surface area (Å²) in [6, 6.07) is 0. The fourth-order valence-electron chi connectivity index (χ4n) is 2.07. The fourth-order valence-corrected chi connectivity index (χ4v) is 3.00. The maximum absolute atomic E-state index is 11.6. The van der Waals surface area contributed by atoms with E-state index in [1.165, 1.54) is 38.5 Å². The van der Waals surface area contributed by atoms with E-state index in [2.05, 4.69) is 21.4 Å². The van der Waals surface area contributed by atoms with E-state index in [1.807, 2.05) is 0 Å². The predicted octanol–water partition coefficient (Wildman–Crippen LogP) is -5.14. The van der Waals surface area contributed by atoms with Crippen molar-refractivity contribution < 1.29 is 66.5 Å². The van der Waals surface area contributed by atoms with Crippen LogP contribution in [0.25, 0.3) is 0 Å². The number of amides is 2. The Morgan fingerprint density at radius 3 is 1.29 bits per heavy atom. The van der Waals surface area contributed by atoms with Crippen LogP contribution >= 0.6 is 0 Å². The first-order valence-electron chi connectivity index (χ1n) is 8.53. The summed E-state index contributed by atoms with van der Waals surface area (Å²) in [6.45, 7) is 4.37. The van der Waals surface area contributed by atoms with Crippen LogP contribution in [-0.2, 0) is 29.3 Å². The van der Waals surface area contributed by atoms with Crippen LogP contribution in [0.2, 0.25) is 0 Å². The summed E-state index contributed by atoms with van der Waals surface area (Å²) < 4.78 is 5.74. The van der Waals surface area contributed by atoms with Crippen LogP contribution < -0.4 is 44.8 Å². The van der Waals surface area contributed by atoms with Crippen molar-refractivity contribution in [3.8, 4) is 0 Å². The van der Waals surface area contributed by atoms with Gasteiger partial charge in [0.25, 0.3) is 0 Å². The van der Waals surface area contributed by atoms with Gasteiger partial charge in [-0.15, -0.1) is 0 Å². The first-order valence-corrected chi connectivity index (χ1v) is 10.1. The summed E-state index contributed by atoms with van der Waals surface area (Å²) in [5.74, 6) is 0.185. The summed E-state index contributed by atoms with van der Waals surface area (Å²) in [6.07, 6.45) is 12.8. The number of carbonyl (C=O) groups is 2. The summed E-state index contributed by atoms with van der Waals surface area (Å²) >= 11 is -0.847. The Bertz CT molecular complexity index is 260. The molecule has 24 heavy (non-hydrogen) atoms. The van der Waals surface area contributed by atoms with Gasteiger partial charge in [-0.3, -0.25) is 0 Å². The van der Waals surface area contributed by atoms with Gasteiger partial charge >= 0.3 is 140 Å². The van der Waals surface area contributed by atoms with E-state index < -0.39 is 19.7 Å². The van der Waals surface area contributed by atoms with E-state index in [0.29, 0.717) is 12.8 Å². The molecule has 2 amide bonds. The molecule has 143 valence electrons. The number of nitrogens with one attached hydrogen (secondary N) is 2. The molecule has 0 atom stereocenters. The zero-order valence-corrected chi connectivity index (χ0v) is 18.8. The zero-order valence-electron chi connectivity index (χ0n) is 14.9. The fraction of sp³-hybridized carbons (Fsp3) is 0.875.